The van der Waals surface area contributed by atoms with Crippen LogP contribution >= 0.6 is 23.5 Å². The fourth-order valence-electron chi connectivity index (χ4n) is 4.69. The Morgan fingerprint density at radius 1 is 1.11 bits per heavy atom. The van der Waals surface area contributed by atoms with Crippen molar-refractivity contribution in [2.24, 2.45) is 5.41 Å². The van der Waals surface area contributed by atoms with E-state index in [1.165, 1.54) is 51.3 Å². The number of rotatable bonds is 8. The number of pyridine rings is 1. The van der Waals surface area contributed by atoms with Crippen LogP contribution < -0.4 is 4.74 Å². The molecule has 0 aliphatic carbocycles. The minimum absolute atomic E-state index is 0.116. The van der Waals surface area contributed by atoms with Crippen molar-refractivity contribution in [3.63, 3.8) is 0 Å². The average molecular weight is 537 g/mol. The molecule has 0 radical (unpaired) electrons. The predicted octanol–water partition coefficient (Wildman–Crippen LogP) is 1.59. The molecule has 2 aliphatic heterocycles. The van der Waals surface area contributed by atoms with Crippen molar-refractivity contribution in [3.8, 4) is 11.9 Å². The van der Waals surface area contributed by atoms with Crippen LogP contribution in [0, 0.1) is 16.7 Å². The zero-order chi connectivity index (χ0) is 26.9. The van der Waals surface area contributed by atoms with Crippen molar-refractivity contribution < 1.29 is 33.4 Å². The highest BCUT2D eigenvalue weighted by molar-refractivity contribution is 8.16. The third-order valence-corrected chi connectivity index (χ3v) is 8.80. The number of ether oxygens (including phenoxy) is 3. The molecule has 2 aliphatic rings. The SMILES string of the molecule is COCC(=O)S[C@@]1(C)C(=O)N2[C@@H](c3ccc(OC)nc3)[C@@](C)(C#N)C[C@]2(SC(=O)COC)C(=O)N1C. The number of carbonyl (C=O) groups is 4. The molecule has 0 unspecified atom stereocenters. The van der Waals surface area contributed by atoms with Crippen molar-refractivity contribution in [1.29, 1.82) is 5.26 Å². The predicted molar refractivity (Wildman–Crippen MR) is 132 cm³/mol. The zero-order valence-electron chi connectivity index (χ0n) is 20.9. The van der Waals surface area contributed by atoms with Crippen molar-refractivity contribution in [3.05, 3.63) is 23.9 Å². The van der Waals surface area contributed by atoms with E-state index in [0.717, 1.165) is 0 Å². The number of methoxy groups -OCH3 is 3. The molecule has 3 rings (SSSR count). The second kappa shape index (κ2) is 10.4. The lowest BCUT2D eigenvalue weighted by Crippen LogP contribution is -2.71. The van der Waals surface area contributed by atoms with Crippen LogP contribution in [0.3, 0.4) is 0 Å². The van der Waals surface area contributed by atoms with Crippen LogP contribution in [0.2, 0.25) is 0 Å². The molecule has 1 aromatic rings. The third kappa shape index (κ3) is 4.47. The highest BCUT2D eigenvalue weighted by Gasteiger charge is 2.71. The highest BCUT2D eigenvalue weighted by Crippen LogP contribution is 2.62. The van der Waals surface area contributed by atoms with Crippen LogP contribution in [-0.2, 0) is 28.7 Å². The fraction of sp³-hybridized carbons (Fsp3) is 0.565. The molecule has 0 spiro atoms. The van der Waals surface area contributed by atoms with Crippen LogP contribution in [-0.4, -0.2) is 88.2 Å². The quantitative estimate of drug-likeness (QED) is 0.478. The molecule has 0 aromatic carbocycles. The first-order valence-electron chi connectivity index (χ1n) is 10.9. The van der Waals surface area contributed by atoms with Gasteiger partial charge >= 0.3 is 0 Å². The number of aromatic nitrogens is 1. The van der Waals surface area contributed by atoms with Gasteiger partial charge in [-0.2, -0.15) is 5.26 Å². The van der Waals surface area contributed by atoms with Crippen LogP contribution in [0.25, 0.3) is 0 Å². The van der Waals surface area contributed by atoms with Crippen LogP contribution in [0.4, 0.5) is 0 Å². The molecule has 2 amide bonds. The van der Waals surface area contributed by atoms with Gasteiger partial charge in [-0.3, -0.25) is 19.2 Å². The molecule has 4 atom stereocenters. The first-order valence-corrected chi connectivity index (χ1v) is 12.5. The second-order valence-corrected chi connectivity index (χ2v) is 11.7. The maximum absolute atomic E-state index is 14.3. The van der Waals surface area contributed by atoms with Gasteiger partial charge < -0.3 is 24.0 Å². The Labute approximate surface area is 217 Å². The lowest BCUT2D eigenvalue weighted by Gasteiger charge is -2.52. The number of likely N-dealkylation sites (N-methyl/N-ethyl adjacent to an activating group) is 1. The van der Waals surface area contributed by atoms with Gasteiger partial charge in [0.1, 0.15) is 13.2 Å². The molecule has 1 aromatic heterocycles. The Morgan fingerprint density at radius 2 is 1.72 bits per heavy atom. The van der Waals surface area contributed by atoms with Crippen LogP contribution in [0.1, 0.15) is 31.9 Å². The maximum Gasteiger partial charge on any atom is 0.261 e. The minimum atomic E-state index is -1.72. The monoisotopic (exact) mass is 536 g/mol. The van der Waals surface area contributed by atoms with E-state index in [1.807, 2.05) is 0 Å². The summed E-state index contributed by atoms with van der Waals surface area (Å²) in [6, 6.07) is 4.60. The van der Waals surface area contributed by atoms with Gasteiger partial charge in [0.25, 0.3) is 11.8 Å². The summed E-state index contributed by atoms with van der Waals surface area (Å²) in [7, 11) is 5.58. The van der Waals surface area contributed by atoms with Crippen molar-refractivity contribution in [2.45, 2.75) is 36.1 Å². The summed E-state index contributed by atoms with van der Waals surface area (Å²) in [5.41, 5.74) is -0.780. The van der Waals surface area contributed by atoms with E-state index in [4.69, 9.17) is 14.2 Å². The highest BCUT2D eigenvalue weighted by atomic mass is 32.2. The van der Waals surface area contributed by atoms with Crippen molar-refractivity contribution >= 4 is 45.6 Å². The topological polar surface area (TPSA) is 139 Å². The molecule has 36 heavy (non-hydrogen) atoms. The number of piperazine rings is 1. The Balaban J connectivity index is 2.24. The molecular formula is C23H28N4O7S2. The van der Waals surface area contributed by atoms with Gasteiger partial charge in [0, 0.05) is 40.0 Å². The summed E-state index contributed by atoms with van der Waals surface area (Å²) in [6.07, 6.45) is 1.36. The number of nitrogens with zero attached hydrogens (tertiary/aromatic N) is 4. The normalized spacial score (nSPS) is 29.6. The minimum Gasteiger partial charge on any atom is -0.481 e. The number of fused-ring (bicyclic) bond motifs is 1. The molecule has 2 fully saturated rings. The summed E-state index contributed by atoms with van der Waals surface area (Å²) in [5, 5.41) is 9.36. The smallest absolute Gasteiger partial charge is 0.261 e. The van der Waals surface area contributed by atoms with Crippen LogP contribution in [0.5, 0.6) is 5.88 Å². The van der Waals surface area contributed by atoms with Gasteiger partial charge in [-0.1, -0.05) is 0 Å². The third-order valence-electron chi connectivity index (χ3n) is 6.41. The number of hydrogen-bond acceptors (Lipinski definition) is 11. The molecule has 194 valence electrons. The molecule has 3 heterocycles. The van der Waals surface area contributed by atoms with Gasteiger partial charge in [0.05, 0.1) is 24.6 Å². The average Bonchev–Trinajstić information content (AvgIpc) is 3.11. The van der Waals surface area contributed by atoms with Crippen LogP contribution in [0.15, 0.2) is 18.3 Å². The second-order valence-electron chi connectivity index (χ2n) is 8.86. The molecule has 0 saturated carbocycles. The number of amides is 2. The molecule has 13 heteroatoms. The summed E-state index contributed by atoms with van der Waals surface area (Å²) in [4.78, 5) is 57.0. The number of thioether (sulfide) groups is 2. The van der Waals surface area contributed by atoms with Gasteiger partial charge in [-0.25, -0.2) is 4.98 Å². The van der Waals surface area contributed by atoms with E-state index in [9.17, 15) is 24.4 Å². The van der Waals surface area contributed by atoms with Gasteiger partial charge in [0.15, 0.2) is 9.74 Å². The molecule has 2 saturated heterocycles. The van der Waals surface area contributed by atoms with Gasteiger partial charge in [-0.05, 0) is 49.0 Å². The van der Waals surface area contributed by atoms with Gasteiger partial charge in [0.2, 0.25) is 16.1 Å². The van der Waals surface area contributed by atoms with E-state index >= 15 is 0 Å². The Bertz CT molecular complexity index is 1110. The summed E-state index contributed by atoms with van der Waals surface area (Å²) in [6.45, 7) is 2.57. The van der Waals surface area contributed by atoms with E-state index < -0.39 is 43.2 Å². The fourth-order valence-corrected chi connectivity index (χ4v) is 7.16. The first kappa shape index (κ1) is 27.9. The van der Waals surface area contributed by atoms with Gasteiger partial charge in [-0.15, -0.1) is 0 Å². The molecule has 0 N–H and O–H groups in total. The standard InChI is InChI=1S/C23H28N4O7S2/c1-21(13-24)12-23(36-17(29)11-33-5)20(31)26(3)22(2,35-16(28)10-32-4)19(30)27(23)18(21)14-7-8-15(34-6)25-9-14/h7-9,18H,10-12H2,1-6H3/t18-,21+,22-,23-/m0/s1. The van der Waals surface area contributed by atoms with E-state index in [0.29, 0.717) is 35.0 Å². The van der Waals surface area contributed by atoms with E-state index in [2.05, 4.69) is 11.1 Å². The number of carbonyl (C=O) groups excluding carboxylic acids is 4. The Hall–Kier alpha value is -2.66. The van der Waals surface area contributed by atoms with E-state index in [-0.39, 0.29) is 19.6 Å². The van der Waals surface area contributed by atoms with Crippen molar-refractivity contribution in [1.82, 2.24) is 14.8 Å². The summed E-state index contributed by atoms with van der Waals surface area (Å²) < 4.78 is 15.0. The Morgan fingerprint density at radius 3 is 2.22 bits per heavy atom. The lowest BCUT2D eigenvalue weighted by molar-refractivity contribution is -0.163. The zero-order valence-corrected chi connectivity index (χ0v) is 22.5. The largest absolute Gasteiger partial charge is 0.481 e. The molecule has 0 bridgehead atoms. The molecule has 11 nitrogen and oxygen atoms in total. The number of hydrogen-bond donors (Lipinski definition) is 0. The van der Waals surface area contributed by atoms with Crippen molar-refractivity contribution in [2.75, 3.05) is 41.6 Å². The van der Waals surface area contributed by atoms with E-state index in [1.54, 1.807) is 19.1 Å². The maximum atomic E-state index is 14.3. The summed E-state index contributed by atoms with van der Waals surface area (Å²) >= 11 is 1.34. The first-order chi connectivity index (χ1) is 16.9. The summed E-state index contributed by atoms with van der Waals surface area (Å²) in [5.74, 6) is -0.823. The Kier molecular flexibility index (Phi) is 8.04. The lowest BCUT2D eigenvalue weighted by atomic mass is 9.80. The molecular weight excluding hydrogens is 508 g/mol. The number of nitriles is 1.